The van der Waals surface area contributed by atoms with Crippen LogP contribution in [0.15, 0.2) is 28.7 Å². The molecule has 1 amide bonds. The quantitative estimate of drug-likeness (QED) is 0.847. The maximum absolute atomic E-state index is 12.1. The fourth-order valence-corrected chi connectivity index (χ4v) is 3.29. The van der Waals surface area contributed by atoms with Crippen molar-refractivity contribution in [3.05, 3.63) is 28.7 Å². The summed E-state index contributed by atoms with van der Waals surface area (Å²) in [5.41, 5.74) is 0.835. The Bertz CT molecular complexity index is 498. The van der Waals surface area contributed by atoms with Crippen LogP contribution in [0.25, 0.3) is 0 Å². The van der Waals surface area contributed by atoms with Crippen LogP contribution in [0.3, 0.4) is 0 Å². The molecule has 2 aliphatic rings. The van der Waals surface area contributed by atoms with Crippen LogP contribution in [0, 0.1) is 0 Å². The lowest BCUT2D eigenvalue weighted by molar-refractivity contribution is -0.119. The summed E-state index contributed by atoms with van der Waals surface area (Å²) < 4.78 is 0.917. The normalized spacial score (nSPS) is 21.0. The summed E-state index contributed by atoms with van der Waals surface area (Å²) in [4.78, 5) is 16.8. The molecule has 0 atom stereocenters. The predicted octanol–water partition coefficient (Wildman–Crippen LogP) is 0.977. The highest BCUT2D eigenvalue weighted by molar-refractivity contribution is 9.10. The molecule has 6 heteroatoms. The smallest absolute Gasteiger partial charge is 0.238 e. The second-order valence-corrected chi connectivity index (χ2v) is 6.52. The molecule has 2 saturated heterocycles. The summed E-state index contributed by atoms with van der Waals surface area (Å²) in [5.74, 6) is 0.0562. The van der Waals surface area contributed by atoms with Crippen LogP contribution in [-0.2, 0) is 4.79 Å². The largest absolute Gasteiger partial charge is 0.324 e. The average Bonchev–Trinajstić information content (AvgIpc) is 2.46. The lowest BCUT2D eigenvalue weighted by Crippen LogP contribution is -2.63. The molecule has 0 radical (unpaired) electrons. The summed E-state index contributed by atoms with van der Waals surface area (Å²) in [6.07, 6.45) is 0. The average molecular weight is 353 g/mol. The van der Waals surface area contributed by atoms with E-state index in [9.17, 15) is 4.79 Å². The first-order chi connectivity index (χ1) is 10.2. The number of likely N-dealkylation sites (tertiary alicyclic amines) is 1. The Balaban J connectivity index is 1.42. The lowest BCUT2D eigenvalue weighted by Gasteiger charge is -2.46. The SMILES string of the molecule is O=C(CN1CC(N2CCNCC2)C1)Nc1ccccc1Br. The van der Waals surface area contributed by atoms with Gasteiger partial charge in [0.15, 0.2) is 0 Å². The highest BCUT2D eigenvalue weighted by Gasteiger charge is 2.33. The Morgan fingerprint density at radius 2 is 2.00 bits per heavy atom. The van der Waals surface area contributed by atoms with Gasteiger partial charge >= 0.3 is 0 Å². The number of rotatable bonds is 4. The van der Waals surface area contributed by atoms with Crippen molar-refractivity contribution in [3.8, 4) is 0 Å². The highest BCUT2D eigenvalue weighted by atomic mass is 79.9. The number of piperazine rings is 1. The molecule has 2 heterocycles. The maximum atomic E-state index is 12.1. The van der Waals surface area contributed by atoms with Crippen molar-refractivity contribution in [2.45, 2.75) is 6.04 Å². The topological polar surface area (TPSA) is 47.6 Å². The molecule has 21 heavy (non-hydrogen) atoms. The number of nitrogens with one attached hydrogen (secondary N) is 2. The second kappa shape index (κ2) is 6.87. The van der Waals surface area contributed by atoms with Gasteiger partial charge in [0.05, 0.1) is 12.2 Å². The molecule has 3 rings (SSSR count). The summed E-state index contributed by atoms with van der Waals surface area (Å²) in [6, 6.07) is 8.32. The van der Waals surface area contributed by atoms with Crippen LogP contribution in [-0.4, -0.2) is 67.6 Å². The monoisotopic (exact) mass is 352 g/mol. The van der Waals surface area contributed by atoms with E-state index in [0.717, 1.165) is 49.4 Å². The molecular formula is C15H21BrN4O. The first-order valence-corrected chi connectivity index (χ1v) is 8.23. The number of hydrogen-bond acceptors (Lipinski definition) is 4. The third kappa shape index (κ3) is 3.83. The van der Waals surface area contributed by atoms with Gasteiger partial charge in [0.2, 0.25) is 5.91 Å². The van der Waals surface area contributed by atoms with Gasteiger partial charge in [-0.05, 0) is 28.1 Å². The van der Waals surface area contributed by atoms with Crippen LogP contribution < -0.4 is 10.6 Å². The minimum atomic E-state index is 0.0562. The number of hydrogen-bond donors (Lipinski definition) is 2. The molecule has 2 aliphatic heterocycles. The van der Waals surface area contributed by atoms with Crippen molar-refractivity contribution in [1.82, 2.24) is 15.1 Å². The van der Waals surface area contributed by atoms with Gasteiger partial charge in [-0.25, -0.2) is 0 Å². The number of halogens is 1. The van der Waals surface area contributed by atoms with Gasteiger partial charge in [0.25, 0.3) is 0 Å². The Hall–Kier alpha value is -0.950. The third-order valence-electron chi connectivity index (χ3n) is 4.12. The minimum absolute atomic E-state index is 0.0562. The zero-order chi connectivity index (χ0) is 14.7. The van der Waals surface area contributed by atoms with E-state index in [0.29, 0.717) is 12.6 Å². The Morgan fingerprint density at radius 1 is 1.29 bits per heavy atom. The highest BCUT2D eigenvalue weighted by Crippen LogP contribution is 2.21. The zero-order valence-electron chi connectivity index (χ0n) is 12.0. The molecule has 0 aliphatic carbocycles. The van der Waals surface area contributed by atoms with Gasteiger partial charge in [-0.15, -0.1) is 0 Å². The number of benzene rings is 1. The number of amides is 1. The first-order valence-electron chi connectivity index (χ1n) is 7.44. The number of para-hydroxylation sites is 1. The van der Waals surface area contributed by atoms with E-state index in [1.807, 2.05) is 24.3 Å². The molecule has 0 unspecified atom stereocenters. The molecule has 0 aromatic heterocycles. The molecule has 114 valence electrons. The van der Waals surface area contributed by atoms with E-state index in [4.69, 9.17) is 0 Å². The van der Waals surface area contributed by atoms with Gasteiger partial charge in [0.1, 0.15) is 0 Å². The van der Waals surface area contributed by atoms with Crippen molar-refractivity contribution in [2.75, 3.05) is 51.1 Å². The molecule has 1 aromatic carbocycles. The predicted molar refractivity (Wildman–Crippen MR) is 87.4 cm³/mol. The number of anilines is 1. The standard InChI is InChI=1S/C15H21BrN4O/c16-13-3-1-2-4-14(13)18-15(21)11-19-9-12(10-19)20-7-5-17-6-8-20/h1-4,12,17H,5-11H2,(H,18,21). The summed E-state index contributed by atoms with van der Waals surface area (Å²) in [5, 5.41) is 6.32. The molecule has 2 N–H and O–H groups in total. The van der Waals surface area contributed by atoms with E-state index in [-0.39, 0.29) is 5.91 Å². The van der Waals surface area contributed by atoms with E-state index < -0.39 is 0 Å². The van der Waals surface area contributed by atoms with Gasteiger partial charge in [-0.3, -0.25) is 14.6 Å². The van der Waals surface area contributed by atoms with Gasteiger partial charge in [-0.1, -0.05) is 12.1 Å². The van der Waals surface area contributed by atoms with Crippen LogP contribution in [0.2, 0.25) is 0 Å². The Morgan fingerprint density at radius 3 is 2.71 bits per heavy atom. The van der Waals surface area contributed by atoms with Crippen molar-refractivity contribution in [2.24, 2.45) is 0 Å². The third-order valence-corrected chi connectivity index (χ3v) is 4.81. The first kappa shape index (κ1) is 15.0. The van der Waals surface area contributed by atoms with E-state index in [1.165, 1.54) is 0 Å². The summed E-state index contributed by atoms with van der Waals surface area (Å²) >= 11 is 3.44. The van der Waals surface area contributed by atoms with E-state index in [1.54, 1.807) is 0 Å². The summed E-state index contributed by atoms with van der Waals surface area (Å²) in [6.45, 7) is 6.90. The fraction of sp³-hybridized carbons (Fsp3) is 0.533. The van der Waals surface area contributed by atoms with Crippen LogP contribution >= 0.6 is 15.9 Å². The van der Waals surface area contributed by atoms with Gasteiger partial charge in [-0.2, -0.15) is 0 Å². The molecule has 0 spiro atoms. The Kier molecular flexibility index (Phi) is 4.90. The summed E-state index contributed by atoms with van der Waals surface area (Å²) in [7, 11) is 0. The fourth-order valence-electron chi connectivity index (χ4n) is 2.91. The van der Waals surface area contributed by atoms with Crippen LogP contribution in [0.4, 0.5) is 5.69 Å². The molecular weight excluding hydrogens is 332 g/mol. The van der Waals surface area contributed by atoms with Gasteiger partial charge < -0.3 is 10.6 Å². The van der Waals surface area contributed by atoms with Crippen molar-refractivity contribution < 1.29 is 4.79 Å². The van der Waals surface area contributed by atoms with Crippen LogP contribution in [0.1, 0.15) is 0 Å². The van der Waals surface area contributed by atoms with E-state index >= 15 is 0 Å². The molecule has 1 aromatic rings. The molecule has 0 saturated carbocycles. The number of carbonyl (C=O) groups excluding carboxylic acids is 1. The number of nitrogens with zero attached hydrogens (tertiary/aromatic N) is 2. The molecule has 5 nitrogen and oxygen atoms in total. The zero-order valence-corrected chi connectivity index (χ0v) is 13.6. The Labute approximate surface area is 133 Å². The van der Waals surface area contributed by atoms with E-state index in [2.05, 4.69) is 36.4 Å². The van der Waals surface area contributed by atoms with Crippen molar-refractivity contribution in [1.29, 1.82) is 0 Å². The lowest BCUT2D eigenvalue weighted by atomic mass is 10.1. The van der Waals surface area contributed by atoms with Gasteiger partial charge in [0, 0.05) is 49.8 Å². The minimum Gasteiger partial charge on any atom is -0.324 e. The van der Waals surface area contributed by atoms with Crippen molar-refractivity contribution >= 4 is 27.5 Å². The van der Waals surface area contributed by atoms with Crippen LogP contribution in [0.5, 0.6) is 0 Å². The van der Waals surface area contributed by atoms with Crippen molar-refractivity contribution in [3.63, 3.8) is 0 Å². The second-order valence-electron chi connectivity index (χ2n) is 5.66. The number of carbonyl (C=O) groups is 1. The molecule has 2 fully saturated rings. The maximum Gasteiger partial charge on any atom is 0.238 e. The molecule has 0 bridgehead atoms.